The third kappa shape index (κ3) is 2.54. The van der Waals surface area contributed by atoms with Crippen LogP contribution in [0.5, 0.6) is 0 Å². The van der Waals surface area contributed by atoms with Crippen LogP contribution >= 0.6 is 12.2 Å². The molecule has 0 atom stereocenters. The number of para-hydroxylation sites is 1. The van der Waals surface area contributed by atoms with Crippen LogP contribution in [0.2, 0.25) is 0 Å². The Labute approximate surface area is 97.8 Å². The molecule has 0 saturated heterocycles. The third-order valence-corrected chi connectivity index (χ3v) is 2.12. The molecule has 1 heterocycles. The molecular weight excluding hydrogens is 224 g/mol. The molecule has 0 radical (unpaired) electrons. The maximum absolute atomic E-state index is 5.11. The quantitative estimate of drug-likeness (QED) is 0.777. The molecule has 2 N–H and O–H groups in total. The molecule has 1 aromatic heterocycles. The Morgan fingerprint density at radius 1 is 1.19 bits per heavy atom. The average molecular weight is 234 g/mol. The zero-order valence-corrected chi connectivity index (χ0v) is 9.41. The molecule has 82 valence electrons. The number of nitrogens with zero attached hydrogens (tertiary/aromatic N) is 2. The van der Waals surface area contributed by atoms with Gasteiger partial charge in [0, 0.05) is 5.69 Å². The monoisotopic (exact) mass is 234 g/mol. The molecule has 6 heteroatoms. The maximum Gasteiger partial charge on any atom is 0.199 e. The summed E-state index contributed by atoms with van der Waals surface area (Å²) in [6.07, 6.45) is 0. The zero-order chi connectivity index (χ0) is 11.4. The van der Waals surface area contributed by atoms with Crippen LogP contribution < -0.4 is 10.6 Å². The average Bonchev–Trinajstić information content (AvgIpc) is 2.66. The van der Waals surface area contributed by atoms with E-state index in [1.54, 1.807) is 6.92 Å². The predicted molar refractivity (Wildman–Crippen MR) is 65.3 cm³/mol. The molecule has 0 unspecified atom stereocenters. The van der Waals surface area contributed by atoms with Crippen LogP contribution in [0.15, 0.2) is 35.0 Å². The van der Waals surface area contributed by atoms with E-state index in [4.69, 9.17) is 12.2 Å². The summed E-state index contributed by atoms with van der Waals surface area (Å²) in [6.45, 7) is 1.78. The van der Waals surface area contributed by atoms with Crippen molar-refractivity contribution in [3.63, 3.8) is 0 Å². The van der Waals surface area contributed by atoms with Gasteiger partial charge in [-0.05, 0) is 36.4 Å². The van der Waals surface area contributed by atoms with Crippen molar-refractivity contribution in [3.05, 3.63) is 36.0 Å². The van der Waals surface area contributed by atoms with E-state index in [0.29, 0.717) is 16.6 Å². The summed E-state index contributed by atoms with van der Waals surface area (Å²) in [5.74, 6) is 0.522. The van der Waals surface area contributed by atoms with Crippen LogP contribution in [0.4, 0.5) is 11.5 Å². The van der Waals surface area contributed by atoms with Crippen LogP contribution in [0.1, 0.15) is 5.69 Å². The summed E-state index contributed by atoms with van der Waals surface area (Å²) < 4.78 is 4.55. The molecule has 1 aromatic carbocycles. The van der Waals surface area contributed by atoms with Gasteiger partial charge >= 0.3 is 0 Å². The molecule has 5 nitrogen and oxygen atoms in total. The summed E-state index contributed by atoms with van der Waals surface area (Å²) in [6, 6.07) is 9.62. The van der Waals surface area contributed by atoms with E-state index >= 15 is 0 Å². The zero-order valence-electron chi connectivity index (χ0n) is 8.60. The molecule has 16 heavy (non-hydrogen) atoms. The molecule has 0 aliphatic rings. The van der Waals surface area contributed by atoms with Crippen molar-refractivity contribution in [2.24, 2.45) is 0 Å². The van der Waals surface area contributed by atoms with Gasteiger partial charge in [-0.15, -0.1) is 0 Å². The number of hydrogen-bond donors (Lipinski definition) is 2. The smallest absolute Gasteiger partial charge is 0.199 e. The van der Waals surface area contributed by atoms with E-state index in [0.717, 1.165) is 5.69 Å². The van der Waals surface area contributed by atoms with Crippen molar-refractivity contribution in [1.29, 1.82) is 0 Å². The minimum Gasteiger partial charge on any atom is -0.332 e. The fourth-order valence-electron chi connectivity index (χ4n) is 1.14. The van der Waals surface area contributed by atoms with Crippen LogP contribution in [0, 0.1) is 6.92 Å². The molecule has 0 bridgehead atoms. The van der Waals surface area contributed by atoms with E-state index in [-0.39, 0.29) is 0 Å². The van der Waals surface area contributed by atoms with Crippen LogP contribution in [-0.4, -0.2) is 15.4 Å². The molecule has 0 spiro atoms. The van der Waals surface area contributed by atoms with Gasteiger partial charge in [0.2, 0.25) is 0 Å². The lowest BCUT2D eigenvalue weighted by molar-refractivity contribution is 0.306. The lowest BCUT2D eigenvalue weighted by Crippen LogP contribution is -2.19. The van der Waals surface area contributed by atoms with Crippen LogP contribution in [0.25, 0.3) is 0 Å². The minimum absolute atomic E-state index is 0.449. The Morgan fingerprint density at radius 3 is 2.56 bits per heavy atom. The van der Waals surface area contributed by atoms with Crippen molar-refractivity contribution in [3.8, 4) is 0 Å². The molecule has 0 aliphatic carbocycles. The minimum atomic E-state index is 0.449. The Bertz CT molecular complexity index is 483. The summed E-state index contributed by atoms with van der Waals surface area (Å²) in [5.41, 5.74) is 1.58. The third-order valence-electron chi connectivity index (χ3n) is 1.92. The highest BCUT2D eigenvalue weighted by molar-refractivity contribution is 7.80. The van der Waals surface area contributed by atoms with Gasteiger partial charge in [0.25, 0.3) is 0 Å². The maximum atomic E-state index is 5.11. The predicted octanol–water partition coefficient (Wildman–Crippen LogP) is 2.19. The van der Waals surface area contributed by atoms with Crippen molar-refractivity contribution in [2.75, 3.05) is 10.6 Å². The van der Waals surface area contributed by atoms with E-state index in [1.807, 2.05) is 30.3 Å². The summed E-state index contributed by atoms with van der Waals surface area (Å²) >= 11 is 5.11. The van der Waals surface area contributed by atoms with Crippen molar-refractivity contribution in [1.82, 2.24) is 10.3 Å². The van der Waals surface area contributed by atoms with Gasteiger partial charge in [-0.3, -0.25) is 0 Å². The van der Waals surface area contributed by atoms with Crippen molar-refractivity contribution in [2.45, 2.75) is 6.92 Å². The van der Waals surface area contributed by atoms with Gasteiger partial charge in [0.05, 0.1) is 0 Å². The molecule has 0 aliphatic heterocycles. The number of thiocarbonyl (C=S) groups is 1. The fourth-order valence-corrected chi connectivity index (χ4v) is 1.35. The van der Waals surface area contributed by atoms with Crippen molar-refractivity contribution >= 4 is 28.8 Å². The normalized spacial score (nSPS) is 9.81. The molecule has 0 fully saturated rings. The van der Waals surface area contributed by atoms with Crippen LogP contribution in [0.3, 0.4) is 0 Å². The lowest BCUT2D eigenvalue weighted by atomic mass is 10.3. The molecule has 0 saturated carbocycles. The lowest BCUT2D eigenvalue weighted by Gasteiger charge is -2.07. The van der Waals surface area contributed by atoms with Crippen LogP contribution in [-0.2, 0) is 0 Å². The summed E-state index contributed by atoms with van der Waals surface area (Å²) in [4.78, 5) is 0. The van der Waals surface area contributed by atoms with Gasteiger partial charge in [0.15, 0.2) is 10.9 Å². The van der Waals surface area contributed by atoms with E-state index in [1.165, 1.54) is 0 Å². The van der Waals surface area contributed by atoms with Crippen molar-refractivity contribution < 1.29 is 4.63 Å². The Hall–Kier alpha value is -1.95. The molecule has 0 amide bonds. The molecular formula is C10H10N4OS. The van der Waals surface area contributed by atoms with Gasteiger partial charge in [-0.1, -0.05) is 23.4 Å². The topological polar surface area (TPSA) is 63.0 Å². The van der Waals surface area contributed by atoms with Gasteiger partial charge in [-0.25, -0.2) is 4.63 Å². The first-order valence-electron chi connectivity index (χ1n) is 4.68. The highest BCUT2D eigenvalue weighted by atomic mass is 32.1. The second-order valence-corrected chi connectivity index (χ2v) is 3.55. The van der Waals surface area contributed by atoms with Gasteiger partial charge in [-0.2, -0.15) is 0 Å². The highest BCUT2D eigenvalue weighted by Crippen LogP contribution is 2.09. The van der Waals surface area contributed by atoms with Gasteiger partial charge < -0.3 is 10.6 Å². The second-order valence-electron chi connectivity index (χ2n) is 3.14. The number of anilines is 2. The fraction of sp³-hybridized carbons (Fsp3) is 0.100. The molecule has 2 aromatic rings. The summed E-state index contributed by atoms with van der Waals surface area (Å²) in [5, 5.41) is 13.7. The highest BCUT2D eigenvalue weighted by Gasteiger charge is 2.06. The number of nitrogens with one attached hydrogen (secondary N) is 2. The number of aryl methyl sites for hydroxylation is 1. The standard InChI is InChI=1S/C10H10N4OS/c1-7-9(14-15-13-7)12-10(16)11-8-5-3-2-4-6-8/h2-6H,1H3,(H2,11,12,14,16). The summed E-state index contributed by atoms with van der Waals surface area (Å²) in [7, 11) is 0. The van der Waals surface area contributed by atoms with Gasteiger partial charge in [0.1, 0.15) is 5.69 Å². The Balaban J connectivity index is 1.98. The Morgan fingerprint density at radius 2 is 1.94 bits per heavy atom. The Kier molecular flexibility index (Phi) is 3.11. The SMILES string of the molecule is Cc1nonc1NC(=S)Nc1ccccc1. The number of hydrogen-bond acceptors (Lipinski definition) is 4. The number of rotatable bonds is 2. The van der Waals surface area contributed by atoms with E-state index in [2.05, 4.69) is 25.6 Å². The second kappa shape index (κ2) is 4.71. The van der Waals surface area contributed by atoms with E-state index in [9.17, 15) is 0 Å². The van der Waals surface area contributed by atoms with E-state index < -0.39 is 0 Å². The number of aromatic nitrogens is 2. The largest absolute Gasteiger partial charge is 0.332 e. The first-order chi connectivity index (χ1) is 7.75. The molecule has 2 rings (SSSR count). The first-order valence-corrected chi connectivity index (χ1v) is 5.09. The number of benzene rings is 1. The first kappa shape index (κ1) is 10.6.